The van der Waals surface area contributed by atoms with E-state index in [-0.39, 0.29) is 17.5 Å². The van der Waals surface area contributed by atoms with E-state index >= 15 is 0 Å². The largest absolute Gasteiger partial charge is 0.483 e. The van der Waals surface area contributed by atoms with Gasteiger partial charge in [0.2, 0.25) is 0 Å². The Bertz CT molecular complexity index is 903. The first kappa shape index (κ1) is 18.8. The minimum atomic E-state index is -0.704. The molecule has 1 aromatic heterocycles. The summed E-state index contributed by atoms with van der Waals surface area (Å²) < 4.78 is 38.1. The molecule has 0 bridgehead atoms. The summed E-state index contributed by atoms with van der Waals surface area (Å²) in [4.78, 5) is 0.844. The molecular formula is C20H18ClF2NOS. The first-order valence-electron chi connectivity index (χ1n) is 8.32. The van der Waals surface area contributed by atoms with Gasteiger partial charge in [-0.3, -0.25) is 0 Å². The number of hydrogen-bond donors (Lipinski definition) is 0. The molecule has 6 heteroatoms. The van der Waals surface area contributed by atoms with Crippen LogP contribution in [0.3, 0.4) is 0 Å². The lowest BCUT2D eigenvalue weighted by Gasteiger charge is -2.11. The highest BCUT2D eigenvalue weighted by atomic mass is 35.5. The summed E-state index contributed by atoms with van der Waals surface area (Å²) in [5.74, 6) is -1.79. The third kappa shape index (κ3) is 3.89. The van der Waals surface area contributed by atoms with Crippen LogP contribution in [0.25, 0.3) is 10.4 Å². The van der Waals surface area contributed by atoms with Crippen LogP contribution < -0.4 is 4.74 Å². The molecule has 2 nitrogen and oxygen atoms in total. The Morgan fingerprint density at radius 1 is 1.15 bits per heavy atom. The number of rotatable bonds is 6. The summed E-state index contributed by atoms with van der Waals surface area (Å²) in [5, 5.41) is 0.289. The Balaban J connectivity index is 1.88. The van der Waals surface area contributed by atoms with Crippen LogP contribution in [0.5, 0.6) is 5.75 Å². The van der Waals surface area contributed by atoms with Gasteiger partial charge in [0.1, 0.15) is 11.8 Å². The van der Waals surface area contributed by atoms with E-state index in [0.717, 1.165) is 22.4 Å². The summed E-state index contributed by atoms with van der Waals surface area (Å²) in [5.41, 5.74) is 3.29. The number of benzene rings is 2. The van der Waals surface area contributed by atoms with Gasteiger partial charge in [0, 0.05) is 5.56 Å². The molecule has 2 aromatic carbocycles. The molecule has 0 aliphatic heterocycles. The Kier molecular flexibility index (Phi) is 5.89. The van der Waals surface area contributed by atoms with Crippen LogP contribution in [0.2, 0.25) is 5.15 Å². The highest BCUT2D eigenvalue weighted by molar-refractivity contribution is 7.10. The van der Waals surface area contributed by atoms with Gasteiger partial charge in [-0.2, -0.15) is 4.37 Å². The predicted molar refractivity (Wildman–Crippen MR) is 102 cm³/mol. The molecule has 0 saturated carbocycles. The summed E-state index contributed by atoms with van der Waals surface area (Å²) in [6, 6.07) is 10.4. The van der Waals surface area contributed by atoms with Crippen molar-refractivity contribution < 1.29 is 13.5 Å². The smallest absolute Gasteiger partial charge is 0.191 e. The standard InChI is InChI=1S/C20H18ClF2NOS/c1-3-6-13-9-16(22)18(17(23)10-13)25-11-15-19(26-24-20(15)21)14-8-5-4-7-12(14)2/h4-5,7-10H,3,6,11H2,1-2H3. The quantitative estimate of drug-likeness (QED) is 0.471. The van der Waals surface area contributed by atoms with Gasteiger partial charge in [0.25, 0.3) is 0 Å². The summed E-state index contributed by atoms with van der Waals surface area (Å²) in [6.07, 6.45) is 1.43. The molecule has 0 radical (unpaired) electrons. The van der Waals surface area contributed by atoms with Crippen LogP contribution in [-0.2, 0) is 13.0 Å². The maximum absolute atomic E-state index is 14.2. The molecule has 0 unspecified atom stereocenters. The number of aryl methyl sites for hydroxylation is 2. The van der Waals surface area contributed by atoms with Gasteiger partial charge in [-0.1, -0.05) is 49.2 Å². The van der Waals surface area contributed by atoms with Crippen molar-refractivity contribution >= 4 is 23.1 Å². The molecule has 1 heterocycles. The first-order valence-corrected chi connectivity index (χ1v) is 9.47. The molecule has 0 fully saturated rings. The molecule has 0 atom stereocenters. The molecular weight excluding hydrogens is 376 g/mol. The summed E-state index contributed by atoms with van der Waals surface area (Å²) in [7, 11) is 0. The van der Waals surface area contributed by atoms with Gasteiger partial charge in [-0.05, 0) is 53.7 Å². The van der Waals surface area contributed by atoms with Crippen LogP contribution in [0.1, 0.15) is 30.0 Å². The zero-order chi connectivity index (χ0) is 18.7. The molecule has 26 heavy (non-hydrogen) atoms. The van der Waals surface area contributed by atoms with E-state index in [9.17, 15) is 8.78 Å². The zero-order valence-corrected chi connectivity index (χ0v) is 16.1. The van der Waals surface area contributed by atoms with E-state index in [4.69, 9.17) is 16.3 Å². The van der Waals surface area contributed by atoms with Gasteiger partial charge >= 0.3 is 0 Å². The minimum absolute atomic E-state index is 0.0556. The molecule has 0 amide bonds. The molecule has 0 saturated heterocycles. The highest BCUT2D eigenvalue weighted by Gasteiger charge is 2.19. The first-order chi connectivity index (χ1) is 12.5. The third-order valence-electron chi connectivity index (χ3n) is 4.09. The van der Waals surface area contributed by atoms with Crippen molar-refractivity contribution in [1.82, 2.24) is 4.37 Å². The Morgan fingerprint density at radius 3 is 2.50 bits per heavy atom. The van der Waals surface area contributed by atoms with Gasteiger partial charge in [0.15, 0.2) is 17.4 Å². The van der Waals surface area contributed by atoms with Crippen LogP contribution in [0, 0.1) is 18.6 Å². The third-order valence-corrected chi connectivity index (χ3v) is 5.42. The second kappa shape index (κ2) is 8.14. The molecule has 0 spiro atoms. The molecule has 0 aliphatic carbocycles. The second-order valence-electron chi connectivity index (χ2n) is 6.02. The van der Waals surface area contributed by atoms with Crippen molar-refractivity contribution in [3.63, 3.8) is 0 Å². The van der Waals surface area contributed by atoms with E-state index in [0.29, 0.717) is 17.5 Å². The van der Waals surface area contributed by atoms with Gasteiger partial charge in [-0.15, -0.1) is 0 Å². The van der Waals surface area contributed by atoms with Crippen LogP contribution in [0.4, 0.5) is 8.78 Å². The van der Waals surface area contributed by atoms with Crippen molar-refractivity contribution in [2.45, 2.75) is 33.3 Å². The zero-order valence-electron chi connectivity index (χ0n) is 14.5. The van der Waals surface area contributed by atoms with Crippen LogP contribution in [-0.4, -0.2) is 4.37 Å². The molecule has 3 rings (SSSR count). The Hall–Kier alpha value is -1.98. The topological polar surface area (TPSA) is 22.1 Å². The summed E-state index contributed by atoms with van der Waals surface area (Å²) in [6.45, 7) is 3.89. The maximum atomic E-state index is 14.2. The minimum Gasteiger partial charge on any atom is -0.483 e. The molecule has 136 valence electrons. The summed E-state index contributed by atoms with van der Waals surface area (Å²) >= 11 is 7.44. The van der Waals surface area contributed by atoms with E-state index in [1.165, 1.54) is 23.7 Å². The van der Waals surface area contributed by atoms with Gasteiger partial charge < -0.3 is 4.74 Å². The normalized spacial score (nSPS) is 11.0. The van der Waals surface area contributed by atoms with E-state index < -0.39 is 11.6 Å². The SMILES string of the molecule is CCCc1cc(F)c(OCc2c(Cl)nsc2-c2ccccc2C)c(F)c1. The molecule has 0 aliphatic rings. The fourth-order valence-corrected chi connectivity index (χ4v) is 3.97. The lowest BCUT2D eigenvalue weighted by molar-refractivity contribution is 0.274. The lowest BCUT2D eigenvalue weighted by atomic mass is 10.1. The van der Waals surface area contributed by atoms with Crippen LogP contribution in [0.15, 0.2) is 36.4 Å². The monoisotopic (exact) mass is 393 g/mol. The number of hydrogen-bond acceptors (Lipinski definition) is 3. The fraction of sp³-hybridized carbons (Fsp3) is 0.250. The fourth-order valence-electron chi connectivity index (χ4n) is 2.78. The van der Waals surface area contributed by atoms with Crippen molar-refractivity contribution in [1.29, 1.82) is 0 Å². The van der Waals surface area contributed by atoms with E-state index in [1.54, 1.807) is 0 Å². The molecule has 0 N–H and O–H groups in total. The highest BCUT2D eigenvalue weighted by Crippen LogP contribution is 2.36. The number of aromatic nitrogens is 1. The van der Waals surface area contributed by atoms with Crippen molar-refractivity contribution in [3.8, 4) is 16.2 Å². The predicted octanol–water partition coefficient (Wildman–Crippen LogP) is 6.58. The van der Waals surface area contributed by atoms with E-state index in [2.05, 4.69) is 4.37 Å². The number of ether oxygens (including phenoxy) is 1. The molecule has 3 aromatic rings. The van der Waals surface area contributed by atoms with Crippen molar-refractivity contribution in [2.75, 3.05) is 0 Å². The van der Waals surface area contributed by atoms with E-state index in [1.807, 2.05) is 38.1 Å². The average molecular weight is 394 g/mol. The Labute approximate surface area is 160 Å². The van der Waals surface area contributed by atoms with Gasteiger partial charge in [-0.25, -0.2) is 8.78 Å². The van der Waals surface area contributed by atoms with Crippen molar-refractivity contribution in [2.24, 2.45) is 0 Å². The van der Waals surface area contributed by atoms with Crippen LogP contribution >= 0.6 is 23.1 Å². The number of halogens is 3. The number of nitrogens with zero attached hydrogens (tertiary/aromatic N) is 1. The maximum Gasteiger partial charge on any atom is 0.191 e. The van der Waals surface area contributed by atoms with Crippen molar-refractivity contribution in [3.05, 3.63) is 69.9 Å². The van der Waals surface area contributed by atoms with Gasteiger partial charge in [0.05, 0.1) is 4.88 Å². The lowest BCUT2D eigenvalue weighted by Crippen LogP contribution is -2.02. The second-order valence-corrected chi connectivity index (χ2v) is 7.15. The Morgan fingerprint density at radius 2 is 1.85 bits per heavy atom. The average Bonchev–Trinajstić information content (AvgIpc) is 2.96.